The van der Waals surface area contributed by atoms with E-state index in [9.17, 15) is 0 Å². The first kappa shape index (κ1) is 12.3. The summed E-state index contributed by atoms with van der Waals surface area (Å²) in [5, 5.41) is 4.36. The van der Waals surface area contributed by atoms with E-state index in [2.05, 4.69) is 29.1 Å². The molecule has 0 atom stereocenters. The van der Waals surface area contributed by atoms with E-state index in [1.54, 1.807) is 11.8 Å². The summed E-state index contributed by atoms with van der Waals surface area (Å²) >= 11 is 1.79. The van der Waals surface area contributed by atoms with Gasteiger partial charge in [-0.25, -0.2) is 9.97 Å². The van der Waals surface area contributed by atoms with Crippen LogP contribution >= 0.6 is 11.8 Å². The molecule has 0 bridgehead atoms. The molecule has 1 rings (SSSR count). The normalized spacial score (nSPS) is 10.3. The maximum atomic E-state index is 4.39. The van der Waals surface area contributed by atoms with Crippen molar-refractivity contribution in [2.24, 2.45) is 0 Å². The lowest BCUT2D eigenvalue weighted by Gasteiger charge is -2.06. The molecule has 1 aromatic heterocycles. The molecule has 1 aromatic rings. The molecule has 1 N–H and O–H groups in total. The summed E-state index contributed by atoms with van der Waals surface area (Å²) in [7, 11) is 0. The lowest BCUT2D eigenvalue weighted by Crippen LogP contribution is -2.04. The Morgan fingerprint density at radius 1 is 1.27 bits per heavy atom. The smallest absolute Gasteiger partial charge is 0.130 e. The van der Waals surface area contributed by atoms with Gasteiger partial charge < -0.3 is 5.32 Å². The van der Waals surface area contributed by atoms with Crippen molar-refractivity contribution >= 4 is 17.6 Å². The largest absolute Gasteiger partial charge is 0.370 e. The highest BCUT2D eigenvalue weighted by Crippen LogP contribution is 2.19. The molecule has 4 heteroatoms. The van der Waals surface area contributed by atoms with Crippen molar-refractivity contribution in [3.8, 4) is 0 Å². The van der Waals surface area contributed by atoms with Gasteiger partial charge in [-0.15, -0.1) is 11.8 Å². The van der Waals surface area contributed by atoms with Crippen LogP contribution in [-0.2, 0) is 0 Å². The minimum atomic E-state index is 0.842. The van der Waals surface area contributed by atoms with Crippen LogP contribution in [0.15, 0.2) is 11.1 Å². The van der Waals surface area contributed by atoms with Gasteiger partial charge in [0.05, 0.1) is 0 Å². The lowest BCUT2D eigenvalue weighted by atomic mass is 10.4. The zero-order valence-corrected chi connectivity index (χ0v) is 10.5. The number of nitrogens with one attached hydrogen (secondary N) is 1. The number of aromatic nitrogens is 2. The molecule has 0 saturated heterocycles. The van der Waals surface area contributed by atoms with Gasteiger partial charge in [0, 0.05) is 12.6 Å². The fraction of sp³-hybridized carbons (Fsp3) is 0.636. The molecule has 0 aromatic carbocycles. The standard InChI is InChI=1S/C11H19N3S/c1-4-6-12-10-8-11(15-7-5-2)14-9(3)13-10/h8H,4-7H2,1-3H3,(H,12,13,14). The third-order valence-electron chi connectivity index (χ3n) is 1.82. The average molecular weight is 225 g/mol. The van der Waals surface area contributed by atoms with Gasteiger partial charge in [-0.2, -0.15) is 0 Å². The van der Waals surface area contributed by atoms with E-state index in [0.29, 0.717) is 0 Å². The molecule has 84 valence electrons. The molecule has 1 heterocycles. The van der Waals surface area contributed by atoms with E-state index in [1.807, 2.05) is 13.0 Å². The lowest BCUT2D eigenvalue weighted by molar-refractivity contribution is 0.927. The molecule has 3 nitrogen and oxygen atoms in total. The molecule has 15 heavy (non-hydrogen) atoms. The maximum absolute atomic E-state index is 4.39. The topological polar surface area (TPSA) is 37.8 Å². The second kappa shape index (κ2) is 6.67. The first-order chi connectivity index (χ1) is 7.26. The highest BCUT2D eigenvalue weighted by Gasteiger charge is 2.01. The number of hydrogen-bond acceptors (Lipinski definition) is 4. The molecule has 0 radical (unpaired) electrons. The number of nitrogens with zero attached hydrogens (tertiary/aromatic N) is 2. The van der Waals surface area contributed by atoms with Crippen LogP contribution in [0.5, 0.6) is 0 Å². The first-order valence-corrected chi connectivity index (χ1v) is 6.47. The van der Waals surface area contributed by atoms with E-state index in [1.165, 1.54) is 6.42 Å². The predicted octanol–water partition coefficient (Wildman–Crippen LogP) is 3.11. The second-order valence-corrected chi connectivity index (χ2v) is 4.53. The second-order valence-electron chi connectivity index (χ2n) is 3.41. The Hall–Kier alpha value is -0.770. The Bertz CT molecular complexity index is 276. The number of rotatable bonds is 6. The van der Waals surface area contributed by atoms with Gasteiger partial charge in [-0.3, -0.25) is 0 Å². The van der Waals surface area contributed by atoms with Gasteiger partial charge in [0.1, 0.15) is 16.7 Å². The third kappa shape index (κ3) is 4.51. The van der Waals surface area contributed by atoms with Crippen LogP contribution in [0, 0.1) is 6.92 Å². The Morgan fingerprint density at radius 3 is 2.73 bits per heavy atom. The summed E-state index contributed by atoms with van der Waals surface area (Å²) in [6, 6.07) is 2.03. The summed E-state index contributed by atoms with van der Waals surface area (Å²) in [6.07, 6.45) is 2.28. The van der Waals surface area contributed by atoms with Crippen molar-refractivity contribution in [3.63, 3.8) is 0 Å². The highest BCUT2D eigenvalue weighted by atomic mass is 32.2. The zero-order chi connectivity index (χ0) is 11.1. The average Bonchev–Trinajstić information content (AvgIpc) is 2.23. The SMILES string of the molecule is CCCNc1cc(SCCC)nc(C)n1. The van der Waals surface area contributed by atoms with E-state index >= 15 is 0 Å². The van der Waals surface area contributed by atoms with E-state index in [0.717, 1.165) is 35.4 Å². The Balaban J connectivity index is 2.66. The molecule has 0 unspecified atom stereocenters. The maximum Gasteiger partial charge on any atom is 0.130 e. The van der Waals surface area contributed by atoms with Crippen LogP contribution in [0.2, 0.25) is 0 Å². The van der Waals surface area contributed by atoms with Crippen molar-refractivity contribution in [1.82, 2.24) is 9.97 Å². The fourth-order valence-corrected chi connectivity index (χ4v) is 1.97. The quantitative estimate of drug-likeness (QED) is 0.596. The molecule has 0 aliphatic heterocycles. The minimum absolute atomic E-state index is 0.842. The van der Waals surface area contributed by atoms with Crippen LogP contribution in [-0.4, -0.2) is 22.3 Å². The molecule has 0 fully saturated rings. The molecule has 0 spiro atoms. The summed E-state index contributed by atoms with van der Waals surface area (Å²) in [5.74, 6) is 2.90. The first-order valence-electron chi connectivity index (χ1n) is 5.48. The molecule has 0 saturated carbocycles. The van der Waals surface area contributed by atoms with Crippen molar-refractivity contribution in [2.45, 2.75) is 38.6 Å². The van der Waals surface area contributed by atoms with Gasteiger partial charge in [-0.1, -0.05) is 13.8 Å². The minimum Gasteiger partial charge on any atom is -0.370 e. The Labute approximate surface area is 96.1 Å². The molecular weight excluding hydrogens is 206 g/mol. The van der Waals surface area contributed by atoms with E-state index in [4.69, 9.17) is 0 Å². The Morgan fingerprint density at radius 2 is 2.07 bits per heavy atom. The van der Waals surface area contributed by atoms with Gasteiger partial charge in [0.2, 0.25) is 0 Å². The third-order valence-corrected chi connectivity index (χ3v) is 2.94. The zero-order valence-electron chi connectivity index (χ0n) is 9.71. The van der Waals surface area contributed by atoms with Gasteiger partial charge in [0.15, 0.2) is 0 Å². The van der Waals surface area contributed by atoms with Crippen molar-refractivity contribution in [2.75, 3.05) is 17.6 Å². The summed E-state index contributed by atoms with van der Waals surface area (Å²) in [6.45, 7) is 7.23. The van der Waals surface area contributed by atoms with Gasteiger partial charge in [0.25, 0.3) is 0 Å². The van der Waals surface area contributed by atoms with Gasteiger partial charge >= 0.3 is 0 Å². The summed E-state index contributed by atoms with van der Waals surface area (Å²) < 4.78 is 0. The van der Waals surface area contributed by atoms with Crippen LogP contribution in [0.1, 0.15) is 32.5 Å². The number of hydrogen-bond donors (Lipinski definition) is 1. The summed E-state index contributed by atoms with van der Waals surface area (Å²) in [4.78, 5) is 8.74. The van der Waals surface area contributed by atoms with Crippen LogP contribution < -0.4 is 5.32 Å². The molecular formula is C11H19N3S. The molecule has 0 aliphatic carbocycles. The number of anilines is 1. The highest BCUT2D eigenvalue weighted by molar-refractivity contribution is 7.99. The molecule has 0 aliphatic rings. The molecule has 0 amide bonds. The summed E-state index contributed by atoms with van der Waals surface area (Å²) in [5.41, 5.74) is 0. The number of thioether (sulfide) groups is 1. The van der Waals surface area contributed by atoms with Crippen molar-refractivity contribution in [3.05, 3.63) is 11.9 Å². The Kier molecular flexibility index (Phi) is 5.47. The van der Waals surface area contributed by atoms with Crippen LogP contribution in [0.3, 0.4) is 0 Å². The van der Waals surface area contributed by atoms with Crippen molar-refractivity contribution < 1.29 is 0 Å². The predicted molar refractivity (Wildman–Crippen MR) is 66.6 cm³/mol. The van der Waals surface area contributed by atoms with E-state index in [-0.39, 0.29) is 0 Å². The van der Waals surface area contributed by atoms with Crippen LogP contribution in [0.25, 0.3) is 0 Å². The monoisotopic (exact) mass is 225 g/mol. The van der Waals surface area contributed by atoms with Gasteiger partial charge in [-0.05, 0) is 25.5 Å². The van der Waals surface area contributed by atoms with E-state index < -0.39 is 0 Å². The van der Waals surface area contributed by atoms with Crippen LogP contribution in [0.4, 0.5) is 5.82 Å². The number of aryl methyl sites for hydroxylation is 1. The fourth-order valence-electron chi connectivity index (χ4n) is 1.16. The van der Waals surface area contributed by atoms with Crippen molar-refractivity contribution in [1.29, 1.82) is 0 Å².